The van der Waals surface area contributed by atoms with E-state index in [-0.39, 0.29) is 11.9 Å². The van der Waals surface area contributed by atoms with Crippen LogP contribution in [-0.2, 0) is 11.2 Å². The van der Waals surface area contributed by atoms with Crippen molar-refractivity contribution in [1.82, 2.24) is 9.80 Å². The predicted molar refractivity (Wildman–Crippen MR) is 109 cm³/mol. The molecular weight excluding hydrogens is 334 g/mol. The van der Waals surface area contributed by atoms with E-state index < -0.39 is 0 Å². The van der Waals surface area contributed by atoms with Gasteiger partial charge in [-0.1, -0.05) is 49.6 Å². The third kappa shape index (κ3) is 4.38. The van der Waals surface area contributed by atoms with Crippen molar-refractivity contribution in [2.75, 3.05) is 26.2 Å². The highest BCUT2D eigenvalue weighted by atomic mass is 16.2. The van der Waals surface area contributed by atoms with Crippen LogP contribution in [0.4, 0.5) is 0 Å². The minimum absolute atomic E-state index is 0.235. The lowest BCUT2D eigenvalue weighted by atomic mass is 9.83. The number of carbonyl (C=O) groups excluding carboxylic acids is 1. The Bertz CT molecular complexity index is 613. The summed E-state index contributed by atoms with van der Waals surface area (Å²) >= 11 is 0. The van der Waals surface area contributed by atoms with Gasteiger partial charge in [0.1, 0.15) is 0 Å². The molecule has 1 aromatic rings. The van der Waals surface area contributed by atoms with E-state index in [4.69, 9.17) is 5.73 Å². The molecule has 2 aliphatic heterocycles. The van der Waals surface area contributed by atoms with Gasteiger partial charge >= 0.3 is 0 Å². The summed E-state index contributed by atoms with van der Waals surface area (Å²) in [6.07, 6.45) is 9.55. The highest BCUT2D eigenvalue weighted by molar-refractivity contribution is 5.82. The van der Waals surface area contributed by atoms with E-state index in [1.54, 1.807) is 0 Å². The number of nitrogens with two attached hydrogens (primary N) is 1. The number of likely N-dealkylation sites (tertiary alicyclic amines) is 2. The molecule has 0 unspecified atom stereocenters. The van der Waals surface area contributed by atoms with E-state index in [1.165, 1.54) is 44.2 Å². The zero-order valence-corrected chi connectivity index (χ0v) is 16.6. The molecule has 0 aromatic heterocycles. The molecule has 1 amide bonds. The second-order valence-electron chi connectivity index (χ2n) is 8.90. The third-order valence-electron chi connectivity index (χ3n) is 7.23. The molecule has 0 spiro atoms. The van der Waals surface area contributed by atoms with Crippen LogP contribution in [0.3, 0.4) is 0 Å². The van der Waals surface area contributed by atoms with Crippen molar-refractivity contribution >= 4 is 5.91 Å². The summed E-state index contributed by atoms with van der Waals surface area (Å²) in [5.41, 5.74) is 7.86. The number of piperidine rings is 1. The van der Waals surface area contributed by atoms with Crippen molar-refractivity contribution in [3.8, 4) is 0 Å². The third-order valence-corrected chi connectivity index (χ3v) is 7.23. The molecule has 1 aliphatic carbocycles. The first-order valence-electron chi connectivity index (χ1n) is 11.0. The van der Waals surface area contributed by atoms with Crippen LogP contribution in [0.2, 0.25) is 0 Å². The van der Waals surface area contributed by atoms with Crippen LogP contribution in [0.5, 0.6) is 0 Å². The SMILES string of the molecule is N[C@H](C(=O)N1CC[C@H]2CCN(CCc3ccccc3)C[C@H]21)C1CCCCC1. The zero-order chi connectivity index (χ0) is 18.6. The Labute approximate surface area is 164 Å². The standard InChI is InChI=1S/C23H35N3O/c24-22(20-9-5-2-6-10-20)23(27)26-16-13-19-12-15-25(17-21(19)26)14-11-18-7-3-1-4-8-18/h1,3-4,7-8,19-22H,2,5-6,9-17,24H2/t19-,21-,22+/m1/s1. The Balaban J connectivity index is 1.34. The molecule has 0 bridgehead atoms. The van der Waals surface area contributed by atoms with E-state index in [2.05, 4.69) is 40.1 Å². The van der Waals surface area contributed by atoms with Gasteiger partial charge in [-0.05, 0) is 56.0 Å². The molecule has 4 heteroatoms. The van der Waals surface area contributed by atoms with Crippen LogP contribution in [-0.4, -0.2) is 54.0 Å². The van der Waals surface area contributed by atoms with E-state index in [0.717, 1.165) is 38.9 Å². The molecule has 4 rings (SSSR count). The lowest BCUT2D eigenvalue weighted by Crippen LogP contribution is -2.55. The summed E-state index contributed by atoms with van der Waals surface area (Å²) in [4.78, 5) is 17.9. The van der Waals surface area contributed by atoms with Crippen molar-refractivity contribution in [3.05, 3.63) is 35.9 Å². The molecule has 4 nitrogen and oxygen atoms in total. The number of rotatable bonds is 5. The molecule has 3 atom stereocenters. The largest absolute Gasteiger partial charge is 0.337 e. The van der Waals surface area contributed by atoms with Crippen molar-refractivity contribution < 1.29 is 4.79 Å². The van der Waals surface area contributed by atoms with Gasteiger partial charge in [-0.15, -0.1) is 0 Å². The second kappa shape index (κ2) is 8.74. The van der Waals surface area contributed by atoms with E-state index in [1.807, 2.05) is 0 Å². The summed E-state index contributed by atoms with van der Waals surface area (Å²) in [6.45, 7) is 4.20. The Hall–Kier alpha value is -1.39. The maximum absolute atomic E-state index is 13.2. The molecule has 27 heavy (non-hydrogen) atoms. The minimum atomic E-state index is -0.274. The van der Waals surface area contributed by atoms with Gasteiger partial charge in [-0.3, -0.25) is 4.79 Å². The van der Waals surface area contributed by atoms with Crippen LogP contribution in [0.15, 0.2) is 30.3 Å². The fraction of sp³-hybridized carbons (Fsp3) is 0.696. The van der Waals surface area contributed by atoms with Crippen LogP contribution in [0, 0.1) is 11.8 Å². The maximum atomic E-state index is 13.2. The van der Waals surface area contributed by atoms with Crippen molar-refractivity contribution in [2.24, 2.45) is 17.6 Å². The van der Waals surface area contributed by atoms with Gasteiger partial charge in [-0.2, -0.15) is 0 Å². The number of hydrogen-bond donors (Lipinski definition) is 1. The monoisotopic (exact) mass is 369 g/mol. The average Bonchev–Trinajstić information content (AvgIpc) is 3.16. The molecule has 1 saturated carbocycles. The first kappa shape index (κ1) is 18.9. The van der Waals surface area contributed by atoms with Gasteiger partial charge in [0.15, 0.2) is 0 Å². The number of nitrogens with zero attached hydrogens (tertiary/aromatic N) is 2. The van der Waals surface area contributed by atoms with Crippen LogP contribution in [0.25, 0.3) is 0 Å². The number of benzene rings is 1. The summed E-state index contributed by atoms with van der Waals surface area (Å²) in [7, 11) is 0. The minimum Gasteiger partial charge on any atom is -0.337 e. The Morgan fingerprint density at radius 1 is 1.04 bits per heavy atom. The summed E-state index contributed by atoms with van der Waals surface area (Å²) in [5, 5.41) is 0. The smallest absolute Gasteiger partial charge is 0.240 e. The van der Waals surface area contributed by atoms with Gasteiger partial charge < -0.3 is 15.5 Å². The van der Waals surface area contributed by atoms with Crippen LogP contribution >= 0.6 is 0 Å². The van der Waals surface area contributed by atoms with Crippen molar-refractivity contribution in [3.63, 3.8) is 0 Å². The fourth-order valence-corrected chi connectivity index (χ4v) is 5.50. The van der Waals surface area contributed by atoms with Crippen LogP contribution in [0.1, 0.15) is 50.5 Å². The van der Waals surface area contributed by atoms with Gasteiger partial charge in [0.2, 0.25) is 5.91 Å². The quantitative estimate of drug-likeness (QED) is 0.868. The van der Waals surface area contributed by atoms with E-state index >= 15 is 0 Å². The summed E-state index contributed by atoms with van der Waals surface area (Å²) < 4.78 is 0. The molecule has 2 N–H and O–H groups in total. The van der Waals surface area contributed by atoms with Crippen LogP contribution < -0.4 is 5.73 Å². The molecule has 3 aliphatic rings. The Morgan fingerprint density at radius 2 is 1.78 bits per heavy atom. The van der Waals surface area contributed by atoms with Gasteiger partial charge in [-0.25, -0.2) is 0 Å². The summed E-state index contributed by atoms with van der Waals surface area (Å²) in [6, 6.07) is 10.8. The first-order valence-corrected chi connectivity index (χ1v) is 11.0. The highest BCUT2D eigenvalue weighted by Gasteiger charge is 2.42. The topological polar surface area (TPSA) is 49.6 Å². The summed E-state index contributed by atoms with van der Waals surface area (Å²) in [5.74, 6) is 1.32. The van der Waals surface area contributed by atoms with Gasteiger partial charge in [0, 0.05) is 25.7 Å². The second-order valence-corrected chi connectivity index (χ2v) is 8.90. The van der Waals surface area contributed by atoms with Gasteiger partial charge in [0.05, 0.1) is 6.04 Å². The molecular formula is C23H35N3O. The number of amides is 1. The first-order chi connectivity index (χ1) is 13.2. The molecule has 1 aromatic carbocycles. The highest BCUT2D eigenvalue weighted by Crippen LogP contribution is 2.34. The number of fused-ring (bicyclic) bond motifs is 1. The number of hydrogen-bond acceptors (Lipinski definition) is 3. The van der Waals surface area contributed by atoms with E-state index in [9.17, 15) is 4.79 Å². The zero-order valence-electron chi connectivity index (χ0n) is 16.6. The Morgan fingerprint density at radius 3 is 2.56 bits per heavy atom. The van der Waals surface area contributed by atoms with Crippen molar-refractivity contribution in [2.45, 2.75) is 63.5 Å². The van der Waals surface area contributed by atoms with Crippen molar-refractivity contribution in [1.29, 1.82) is 0 Å². The number of carbonyl (C=O) groups is 1. The molecule has 2 heterocycles. The molecule has 0 radical (unpaired) electrons. The average molecular weight is 370 g/mol. The normalized spacial score (nSPS) is 28.1. The lowest BCUT2D eigenvalue weighted by molar-refractivity contribution is -0.136. The molecule has 148 valence electrons. The maximum Gasteiger partial charge on any atom is 0.240 e. The molecule has 2 saturated heterocycles. The Kier molecular flexibility index (Phi) is 6.14. The fourth-order valence-electron chi connectivity index (χ4n) is 5.50. The van der Waals surface area contributed by atoms with E-state index in [0.29, 0.717) is 17.9 Å². The lowest BCUT2D eigenvalue weighted by Gasteiger charge is -2.40. The molecule has 3 fully saturated rings. The van der Waals surface area contributed by atoms with Gasteiger partial charge in [0.25, 0.3) is 0 Å². The predicted octanol–water partition coefficient (Wildman–Crippen LogP) is 3.06.